The number of carbonyl (C=O) groups is 1. The number of carboxylic acid groups (broad SMARTS) is 1. The third kappa shape index (κ3) is 3.92. The second kappa shape index (κ2) is 7.38. The first-order valence-corrected chi connectivity index (χ1v) is 7.97. The van der Waals surface area contributed by atoms with Gasteiger partial charge in [-0.15, -0.1) is 11.8 Å². The Labute approximate surface area is 128 Å². The summed E-state index contributed by atoms with van der Waals surface area (Å²) in [4.78, 5) is 21.8. The summed E-state index contributed by atoms with van der Waals surface area (Å²) in [5.74, 6) is 0.0142. The molecule has 0 aliphatic heterocycles. The van der Waals surface area contributed by atoms with Crippen LogP contribution < -0.4 is 0 Å². The van der Waals surface area contributed by atoms with Crippen LogP contribution in [0, 0.1) is 0 Å². The molecule has 1 N–H and O–H groups in total. The lowest BCUT2D eigenvalue weighted by Crippen LogP contribution is -2.25. The highest BCUT2D eigenvalue weighted by Crippen LogP contribution is 2.25. The van der Waals surface area contributed by atoms with Crippen LogP contribution in [0.5, 0.6) is 0 Å². The molecule has 0 radical (unpaired) electrons. The lowest BCUT2D eigenvalue weighted by molar-refractivity contribution is 0.0697. The fourth-order valence-corrected chi connectivity index (χ4v) is 3.08. The molecule has 21 heavy (non-hydrogen) atoms. The van der Waals surface area contributed by atoms with Crippen molar-refractivity contribution in [1.29, 1.82) is 0 Å². The van der Waals surface area contributed by atoms with Gasteiger partial charge in [0, 0.05) is 17.7 Å². The van der Waals surface area contributed by atoms with Crippen LogP contribution in [0.15, 0.2) is 29.6 Å². The van der Waals surface area contributed by atoms with E-state index in [1.165, 1.54) is 6.33 Å². The fourth-order valence-electron chi connectivity index (χ4n) is 2.09. The first-order valence-electron chi connectivity index (χ1n) is 6.99. The SMILES string of the molecule is CCN(CC)CCSc1ncnc2cc(C(=O)O)ccc12. The molecule has 1 heterocycles. The van der Waals surface area contributed by atoms with Gasteiger partial charge >= 0.3 is 5.97 Å². The number of hydrogen-bond donors (Lipinski definition) is 1. The molecule has 5 nitrogen and oxygen atoms in total. The first kappa shape index (κ1) is 15.7. The van der Waals surface area contributed by atoms with E-state index in [0.29, 0.717) is 5.52 Å². The molecule has 0 atom stereocenters. The molecule has 0 bridgehead atoms. The first-order chi connectivity index (χ1) is 10.2. The van der Waals surface area contributed by atoms with E-state index in [0.717, 1.165) is 35.8 Å². The predicted molar refractivity (Wildman–Crippen MR) is 85.0 cm³/mol. The van der Waals surface area contributed by atoms with Gasteiger partial charge < -0.3 is 10.0 Å². The van der Waals surface area contributed by atoms with Crippen molar-refractivity contribution in [2.45, 2.75) is 18.9 Å². The molecule has 2 rings (SSSR count). The number of hydrogen-bond acceptors (Lipinski definition) is 5. The van der Waals surface area contributed by atoms with Gasteiger partial charge in [-0.3, -0.25) is 0 Å². The Hall–Kier alpha value is -1.66. The maximum atomic E-state index is 11.0. The Morgan fingerprint density at radius 1 is 1.29 bits per heavy atom. The molecule has 0 saturated heterocycles. The lowest BCUT2D eigenvalue weighted by Gasteiger charge is -2.17. The summed E-state index contributed by atoms with van der Waals surface area (Å²) in [7, 11) is 0. The molecule has 0 saturated carbocycles. The second-order valence-electron chi connectivity index (χ2n) is 4.59. The molecule has 1 aromatic heterocycles. The Kier molecular flexibility index (Phi) is 5.52. The largest absolute Gasteiger partial charge is 0.478 e. The Bertz CT molecular complexity index is 629. The van der Waals surface area contributed by atoms with Gasteiger partial charge in [0.2, 0.25) is 0 Å². The molecule has 0 spiro atoms. The molecule has 112 valence electrons. The minimum Gasteiger partial charge on any atom is -0.478 e. The number of benzene rings is 1. The molecule has 6 heteroatoms. The number of aromatic nitrogens is 2. The van der Waals surface area contributed by atoms with Crippen molar-refractivity contribution >= 4 is 28.6 Å². The molecule has 0 unspecified atom stereocenters. The molecule has 1 aromatic carbocycles. The van der Waals surface area contributed by atoms with E-state index in [9.17, 15) is 4.79 Å². The number of nitrogens with zero attached hydrogens (tertiary/aromatic N) is 3. The van der Waals surface area contributed by atoms with Crippen molar-refractivity contribution in [1.82, 2.24) is 14.9 Å². The maximum Gasteiger partial charge on any atom is 0.335 e. The number of fused-ring (bicyclic) bond motifs is 1. The topological polar surface area (TPSA) is 66.3 Å². The van der Waals surface area contributed by atoms with Crippen molar-refractivity contribution in [3.8, 4) is 0 Å². The molecular formula is C15H19N3O2S. The van der Waals surface area contributed by atoms with E-state index in [-0.39, 0.29) is 5.56 Å². The zero-order valence-corrected chi connectivity index (χ0v) is 13.1. The summed E-state index contributed by atoms with van der Waals surface area (Å²) in [6.07, 6.45) is 1.49. The van der Waals surface area contributed by atoms with E-state index in [4.69, 9.17) is 5.11 Å². The fraction of sp³-hybridized carbons (Fsp3) is 0.400. The average molecular weight is 305 g/mol. The third-order valence-corrected chi connectivity index (χ3v) is 4.37. The van der Waals surface area contributed by atoms with Crippen molar-refractivity contribution in [2.24, 2.45) is 0 Å². The minimum absolute atomic E-state index is 0.250. The summed E-state index contributed by atoms with van der Waals surface area (Å²) in [6.45, 7) is 7.41. The second-order valence-corrected chi connectivity index (χ2v) is 5.67. The van der Waals surface area contributed by atoms with Crippen LogP contribution in [0.25, 0.3) is 10.9 Å². The monoisotopic (exact) mass is 305 g/mol. The number of carboxylic acids is 1. The summed E-state index contributed by atoms with van der Waals surface area (Å²) < 4.78 is 0. The van der Waals surface area contributed by atoms with Gasteiger partial charge in [-0.2, -0.15) is 0 Å². The van der Waals surface area contributed by atoms with Crippen molar-refractivity contribution in [3.63, 3.8) is 0 Å². The van der Waals surface area contributed by atoms with Gasteiger partial charge in [0.25, 0.3) is 0 Å². The minimum atomic E-state index is -0.939. The molecule has 0 aliphatic rings. The van der Waals surface area contributed by atoms with Crippen LogP contribution >= 0.6 is 11.8 Å². The van der Waals surface area contributed by atoms with Crippen molar-refractivity contribution in [3.05, 3.63) is 30.1 Å². The van der Waals surface area contributed by atoms with Gasteiger partial charge in [0.15, 0.2) is 0 Å². The zero-order valence-electron chi connectivity index (χ0n) is 12.2. The van der Waals surface area contributed by atoms with Crippen LogP contribution in [0.4, 0.5) is 0 Å². The Balaban J connectivity index is 2.15. The van der Waals surface area contributed by atoms with Gasteiger partial charge in [0.05, 0.1) is 11.1 Å². The highest BCUT2D eigenvalue weighted by Gasteiger charge is 2.09. The molecule has 2 aromatic rings. The van der Waals surface area contributed by atoms with Gasteiger partial charge in [-0.25, -0.2) is 14.8 Å². The zero-order chi connectivity index (χ0) is 15.2. The van der Waals surface area contributed by atoms with E-state index >= 15 is 0 Å². The Morgan fingerprint density at radius 2 is 2.05 bits per heavy atom. The highest BCUT2D eigenvalue weighted by molar-refractivity contribution is 7.99. The highest BCUT2D eigenvalue weighted by atomic mass is 32.2. The lowest BCUT2D eigenvalue weighted by atomic mass is 10.1. The van der Waals surface area contributed by atoms with Crippen molar-refractivity contribution < 1.29 is 9.90 Å². The van der Waals surface area contributed by atoms with E-state index in [1.807, 2.05) is 0 Å². The standard InChI is InChI=1S/C15H19N3O2S/c1-3-18(4-2)7-8-21-14-12-6-5-11(15(19)20)9-13(12)16-10-17-14/h5-6,9-10H,3-4,7-8H2,1-2H3,(H,19,20). The van der Waals surface area contributed by atoms with Gasteiger partial charge in [0.1, 0.15) is 11.4 Å². The van der Waals surface area contributed by atoms with E-state index in [2.05, 4.69) is 28.7 Å². The smallest absolute Gasteiger partial charge is 0.335 e. The summed E-state index contributed by atoms with van der Waals surface area (Å²) in [6, 6.07) is 4.98. The Morgan fingerprint density at radius 3 is 2.71 bits per heavy atom. The number of aromatic carboxylic acids is 1. The normalized spacial score (nSPS) is 11.2. The molecule has 0 fully saturated rings. The molecule has 0 aliphatic carbocycles. The van der Waals surface area contributed by atoms with Crippen LogP contribution in [0.2, 0.25) is 0 Å². The maximum absolute atomic E-state index is 11.0. The molecular weight excluding hydrogens is 286 g/mol. The van der Waals surface area contributed by atoms with Crippen LogP contribution in [-0.4, -0.2) is 51.3 Å². The van der Waals surface area contributed by atoms with Gasteiger partial charge in [-0.1, -0.05) is 13.8 Å². The van der Waals surface area contributed by atoms with Crippen molar-refractivity contribution in [2.75, 3.05) is 25.4 Å². The predicted octanol–water partition coefficient (Wildman–Crippen LogP) is 2.76. The van der Waals surface area contributed by atoms with Gasteiger partial charge in [-0.05, 0) is 31.3 Å². The van der Waals surface area contributed by atoms with Crippen LogP contribution in [-0.2, 0) is 0 Å². The quantitative estimate of drug-likeness (QED) is 0.627. The third-order valence-electron chi connectivity index (χ3n) is 3.39. The number of rotatable bonds is 7. The summed E-state index contributed by atoms with van der Waals surface area (Å²) in [5.41, 5.74) is 0.926. The summed E-state index contributed by atoms with van der Waals surface area (Å²) >= 11 is 1.68. The number of thioether (sulfide) groups is 1. The molecule has 0 amide bonds. The van der Waals surface area contributed by atoms with Crippen LogP contribution in [0.1, 0.15) is 24.2 Å². The summed E-state index contributed by atoms with van der Waals surface area (Å²) in [5, 5.41) is 10.8. The van der Waals surface area contributed by atoms with E-state index in [1.54, 1.807) is 30.0 Å². The average Bonchev–Trinajstić information content (AvgIpc) is 2.51. The van der Waals surface area contributed by atoms with Crippen LogP contribution in [0.3, 0.4) is 0 Å². The van der Waals surface area contributed by atoms with E-state index < -0.39 is 5.97 Å².